The van der Waals surface area contributed by atoms with Gasteiger partial charge in [0.05, 0.1) is 6.54 Å². The number of carbonyl (C=O) groups is 1. The summed E-state index contributed by atoms with van der Waals surface area (Å²) in [6.45, 7) is 5.86. The lowest BCUT2D eigenvalue weighted by molar-refractivity contribution is -0.117. The minimum absolute atomic E-state index is 0.0323. The number of hydrogen-bond donors (Lipinski definition) is 1. The van der Waals surface area contributed by atoms with E-state index >= 15 is 0 Å². The van der Waals surface area contributed by atoms with Crippen molar-refractivity contribution in [3.63, 3.8) is 0 Å². The van der Waals surface area contributed by atoms with Crippen LogP contribution in [0.2, 0.25) is 0 Å². The molecule has 1 saturated heterocycles. The van der Waals surface area contributed by atoms with E-state index in [4.69, 9.17) is 0 Å². The molecular formula is C15H20N6OS. The number of nitrogens with zero attached hydrogens (tertiary/aromatic N) is 5. The first-order valence-electron chi connectivity index (χ1n) is 7.75. The van der Waals surface area contributed by atoms with E-state index in [0.29, 0.717) is 11.7 Å². The van der Waals surface area contributed by atoms with E-state index in [1.165, 1.54) is 11.3 Å². The van der Waals surface area contributed by atoms with Crippen molar-refractivity contribution in [1.29, 1.82) is 0 Å². The summed E-state index contributed by atoms with van der Waals surface area (Å²) in [5.41, 5.74) is 0. The van der Waals surface area contributed by atoms with Crippen LogP contribution in [0.1, 0.15) is 11.9 Å². The fourth-order valence-electron chi connectivity index (χ4n) is 2.48. The molecule has 0 aromatic carbocycles. The zero-order valence-corrected chi connectivity index (χ0v) is 13.9. The second-order valence-electron chi connectivity index (χ2n) is 5.35. The van der Waals surface area contributed by atoms with Gasteiger partial charge >= 0.3 is 0 Å². The minimum atomic E-state index is -0.0323. The van der Waals surface area contributed by atoms with Crippen molar-refractivity contribution in [1.82, 2.24) is 20.1 Å². The van der Waals surface area contributed by atoms with Gasteiger partial charge in [-0.05, 0) is 18.6 Å². The third-order valence-corrected chi connectivity index (χ3v) is 4.71. The predicted molar refractivity (Wildman–Crippen MR) is 90.8 cm³/mol. The van der Waals surface area contributed by atoms with E-state index in [1.807, 2.05) is 31.3 Å². The van der Waals surface area contributed by atoms with Gasteiger partial charge in [0.1, 0.15) is 10.8 Å². The molecule has 1 amide bonds. The van der Waals surface area contributed by atoms with Crippen molar-refractivity contribution in [3.8, 4) is 0 Å². The molecule has 3 rings (SSSR count). The molecular weight excluding hydrogens is 312 g/mol. The van der Waals surface area contributed by atoms with Crippen LogP contribution in [0.4, 0.5) is 10.9 Å². The lowest BCUT2D eigenvalue weighted by Gasteiger charge is -2.34. The predicted octanol–water partition coefficient (Wildman–Crippen LogP) is 1.26. The van der Waals surface area contributed by atoms with Crippen LogP contribution in [0.15, 0.2) is 24.4 Å². The van der Waals surface area contributed by atoms with Crippen LogP contribution >= 0.6 is 11.3 Å². The molecule has 2 aromatic rings. The number of rotatable bonds is 5. The van der Waals surface area contributed by atoms with E-state index in [2.05, 4.69) is 30.3 Å². The Hall–Kier alpha value is -2.06. The number of piperazine rings is 1. The Kier molecular flexibility index (Phi) is 5.14. The standard InChI is InChI=1S/C15H20N6OS/c1-2-14-18-19-15(23-14)17-13(22)11-20-7-9-21(10-8-20)12-5-3-4-6-16-12/h3-6H,2,7-11H2,1H3,(H,17,19,22). The van der Waals surface area contributed by atoms with E-state index in [9.17, 15) is 4.79 Å². The number of aromatic nitrogens is 3. The van der Waals surface area contributed by atoms with E-state index in [0.717, 1.165) is 43.4 Å². The summed E-state index contributed by atoms with van der Waals surface area (Å²) in [4.78, 5) is 20.9. The van der Waals surface area contributed by atoms with Crippen molar-refractivity contribution in [3.05, 3.63) is 29.4 Å². The van der Waals surface area contributed by atoms with Gasteiger partial charge < -0.3 is 4.90 Å². The number of aryl methyl sites for hydroxylation is 1. The molecule has 3 heterocycles. The zero-order chi connectivity index (χ0) is 16.1. The lowest BCUT2D eigenvalue weighted by atomic mass is 10.3. The molecule has 0 unspecified atom stereocenters. The topological polar surface area (TPSA) is 74.2 Å². The molecule has 0 atom stereocenters. The average molecular weight is 332 g/mol. The quantitative estimate of drug-likeness (QED) is 0.888. The Morgan fingerprint density at radius 3 is 2.74 bits per heavy atom. The first-order valence-corrected chi connectivity index (χ1v) is 8.57. The highest BCUT2D eigenvalue weighted by Gasteiger charge is 2.20. The highest BCUT2D eigenvalue weighted by atomic mass is 32.1. The largest absolute Gasteiger partial charge is 0.354 e. The van der Waals surface area contributed by atoms with Gasteiger partial charge in [-0.3, -0.25) is 15.0 Å². The summed E-state index contributed by atoms with van der Waals surface area (Å²) in [6.07, 6.45) is 2.64. The third kappa shape index (κ3) is 4.23. The second kappa shape index (κ2) is 7.47. The molecule has 7 nitrogen and oxygen atoms in total. The maximum Gasteiger partial charge on any atom is 0.240 e. The molecule has 23 heavy (non-hydrogen) atoms. The van der Waals surface area contributed by atoms with Gasteiger partial charge in [0.2, 0.25) is 11.0 Å². The van der Waals surface area contributed by atoms with Gasteiger partial charge in [0.15, 0.2) is 0 Å². The van der Waals surface area contributed by atoms with Crippen LogP contribution in [-0.2, 0) is 11.2 Å². The maximum absolute atomic E-state index is 12.1. The van der Waals surface area contributed by atoms with Gasteiger partial charge in [0.25, 0.3) is 0 Å². The number of nitrogens with one attached hydrogen (secondary N) is 1. The number of hydrogen-bond acceptors (Lipinski definition) is 7. The van der Waals surface area contributed by atoms with E-state index < -0.39 is 0 Å². The summed E-state index contributed by atoms with van der Waals surface area (Å²) in [7, 11) is 0. The zero-order valence-electron chi connectivity index (χ0n) is 13.1. The molecule has 1 N–H and O–H groups in total. The Bertz CT molecular complexity index is 638. The van der Waals surface area contributed by atoms with Gasteiger partial charge in [-0.25, -0.2) is 4.98 Å². The summed E-state index contributed by atoms with van der Waals surface area (Å²) >= 11 is 1.43. The molecule has 0 bridgehead atoms. The van der Waals surface area contributed by atoms with E-state index in [-0.39, 0.29) is 5.91 Å². The van der Waals surface area contributed by atoms with Crippen LogP contribution in [-0.4, -0.2) is 58.7 Å². The number of carbonyl (C=O) groups excluding carboxylic acids is 1. The lowest BCUT2D eigenvalue weighted by Crippen LogP contribution is -2.48. The number of pyridine rings is 1. The van der Waals surface area contributed by atoms with Gasteiger partial charge in [0, 0.05) is 32.4 Å². The molecule has 0 aliphatic carbocycles. The summed E-state index contributed by atoms with van der Waals surface area (Å²) < 4.78 is 0. The Labute approximate surface area is 139 Å². The monoisotopic (exact) mass is 332 g/mol. The first-order chi connectivity index (χ1) is 11.2. The molecule has 0 radical (unpaired) electrons. The average Bonchev–Trinajstić information content (AvgIpc) is 3.04. The van der Waals surface area contributed by atoms with Crippen molar-refractivity contribution >= 4 is 28.2 Å². The van der Waals surface area contributed by atoms with Crippen molar-refractivity contribution in [2.24, 2.45) is 0 Å². The van der Waals surface area contributed by atoms with Crippen molar-refractivity contribution < 1.29 is 4.79 Å². The number of amides is 1. The van der Waals surface area contributed by atoms with Crippen LogP contribution in [0, 0.1) is 0 Å². The van der Waals surface area contributed by atoms with E-state index in [1.54, 1.807) is 0 Å². The van der Waals surface area contributed by atoms with Gasteiger partial charge in [-0.15, -0.1) is 10.2 Å². The normalized spacial score (nSPS) is 15.6. The van der Waals surface area contributed by atoms with Crippen LogP contribution < -0.4 is 10.2 Å². The fourth-order valence-corrected chi connectivity index (χ4v) is 3.18. The Balaban J connectivity index is 1.46. The smallest absolute Gasteiger partial charge is 0.240 e. The van der Waals surface area contributed by atoms with Crippen LogP contribution in [0.5, 0.6) is 0 Å². The molecule has 0 spiro atoms. The summed E-state index contributed by atoms with van der Waals surface area (Å²) in [5.74, 6) is 0.965. The van der Waals surface area contributed by atoms with Gasteiger partial charge in [-0.1, -0.05) is 24.3 Å². The van der Waals surface area contributed by atoms with Crippen LogP contribution in [0.25, 0.3) is 0 Å². The fraction of sp³-hybridized carbons (Fsp3) is 0.467. The van der Waals surface area contributed by atoms with Crippen LogP contribution in [0.3, 0.4) is 0 Å². The molecule has 1 fully saturated rings. The summed E-state index contributed by atoms with van der Waals surface area (Å²) in [5, 5.41) is 12.3. The number of anilines is 2. The Morgan fingerprint density at radius 1 is 1.26 bits per heavy atom. The van der Waals surface area contributed by atoms with Crippen molar-refractivity contribution in [2.45, 2.75) is 13.3 Å². The minimum Gasteiger partial charge on any atom is -0.354 e. The third-order valence-electron chi connectivity index (χ3n) is 3.73. The molecule has 1 aliphatic heterocycles. The molecule has 122 valence electrons. The maximum atomic E-state index is 12.1. The Morgan fingerprint density at radius 2 is 2.09 bits per heavy atom. The highest BCUT2D eigenvalue weighted by molar-refractivity contribution is 7.15. The molecule has 1 aliphatic rings. The van der Waals surface area contributed by atoms with Gasteiger partial charge in [-0.2, -0.15) is 0 Å². The first kappa shape index (κ1) is 15.8. The molecule has 8 heteroatoms. The van der Waals surface area contributed by atoms with Crippen molar-refractivity contribution in [2.75, 3.05) is 42.9 Å². The molecule has 0 saturated carbocycles. The second-order valence-corrected chi connectivity index (χ2v) is 6.42. The SMILES string of the molecule is CCc1nnc(NC(=O)CN2CCN(c3ccccn3)CC2)s1. The molecule has 2 aromatic heterocycles. The highest BCUT2D eigenvalue weighted by Crippen LogP contribution is 2.16. The summed E-state index contributed by atoms with van der Waals surface area (Å²) in [6, 6.07) is 5.93.